The summed E-state index contributed by atoms with van der Waals surface area (Å²) in [6, 6.07) is 18.2. The van der Waals surface area contributed by atoms with Crippen LogP contribution in [0.4, 0.5) is 9.18 Å². The van der Waals surface area contributed by atoms with E-state index in [-0.39, 0.29) is 12.5 Å². The van der Waals surface area contributed by atoms with Crippen molar-refractivity contribution in [2.75, 3.05) is 7.11 Å². The molecule has 7 heteroatoms. The Morgan fingerprint density at radius 2 is 1.76 bits per heavy atom. The largest absolute Gasteiger partial charge is 0.496 e. The lowest BCUT2D eigenvalue weighted by Gasteiger charge is -2.22. The first-order chi connectivity index (χ1) is 15.9. The quantitative estimate of drug-likeness (QED) is 0.424. The monoisotopic (exact) mass is 450 g/mol. The minimum Gasteiger partial charge on any atom is -0.496 e. The molecule has 6 nitrogen and oxygen atoms in total. The molecule has 0 heterocycles. The standard InChI is InChI=1S/C26H27FN2O4/c1-3-23(29-26(32)28-16-17-7-5-4-6-8-17)21-15-19(27)10-11-20(21)22-13-18(14-25(30)31)9-12-24(22)33-2/h4-13,15,23H,3,14,16H2,1-2H3,(H,30,31)(H2,28,29,32). The number of benzene rings is 3. The molecule has 0 saturated carbocycles. The molecule has 1 unspecified atom stereocenters. The van der Waals surface area contributed by atoms with Gasteiger partial charge in [0.25, 0.3) is 0 Å². The van der Waals surface area contributed by atoms with Gasteiger partial charge in [-0.05, 0) is 52.9 Å². The van der Waals surface area contributed by atoms with E-state index >= 15 is 0 Å². The Morgan fingerprint density at radius 3 is 2.42 bits per heavy atom. The summed E-state index contributed by atoms with van der Waals surface area (Å²) in [5.74, 6) is -0.853. The normalized spacial score (nSPS) is 11.5. The molecule has 3 aromatic carbocycles. The molecule has 0 aliphatic carbocycles. The lowest BCUT2D eigenvalue weighted by atomic mass is 9.91. The van der Waals surface area contributed by atoms with Gasteiger partial charge in [0.15, 0.2) is 0 Å². The van der Waals surface area contributed by atoms with Crippen molar-refractivity contribution >= 4 is 12.0 Å². The van der Waals surface area contributed by atoms with Crippen molar-refractivity contribution < 1.29 is 23.8 Å². The molecule has 1 atom stereocenters. The Hall–Kier alpha value is -3.87. The molecule has 0 saturated heterocycles. The number of nitrogens with one attached hydrogen (secondary N) is 2. The Morgan fingerprint density at radius 1 is 1.00 bits per heavy atom. The van der Waals surface area contributed by atoms with E-state index in [1.807, 2.05) is 37.3 Å². The number of halogens is 1. The maximum absolute atomic E-state index is 14.3. The highest BCUT2D eigenvalue weighted by Crippen LogP contribution is 2.37. The summed E-state index contributed by atoms with van der Waals surface area (Å²) >= 11 is 0. The van der Waals surface area contributed by atoms with Gasteiger partial charge in [-0.15, -0.1) is 0 Å². The van der Waals surface area contributed by atoms with Crippen LogP contribution in [0.15, 0.2) is 66.7 Å². The summed E-state index contributed by atoms with van der Waals surface area (Å²) in [6.07, 6.45) is 0.372. The van der Waals surface area contributed by atoms with E-state index < -0.39 is 17.8 Å². The average molecular weight is 451 g/mol. The number of carbonyl (C=O) groups excluding carboxylic acids is 1. The van der Waals surface area contributed by atoms with Crippen LogP contribution in [0, 0.1) is 5.82 Å². The second-order valence-corrected chi connectivity index (χ2v) is 7.61. The molecule has 33 heavy (non-hydrogen) atoms. The van der Waals surface area contributed by atoms with Gasteiger partial charge in [-0.1, -0.05) is 49.4 Å². The Bertz CT molecular complexity index is 1120. The van der Waals surface area contributed by atoms with Gasteiger partial charge in [0.05, 0.1) is 19.6 Å². The van der Waals surface area contributed by atoms with Crippen LogP contribution >= 0.6 is 0 Å². The fourth-order valence-electron chi connectivity index (χ4n) is 3.70. The molecule has 3 aromatic rings. The van der Waals surface area contributed by atoms with Crippen LogP contribution < -0.4 is 15.4 Å². The van der Waals surface area contributed by atoms with Gasteiger partial charge < -0.3 is 20.5 Å². The third kappa shape index (κ3) is 6.32. The summed E-state index contributed by atoms with van der Waals surface area (Å²) in [6.45, 7) is 2.26. The van der Waals surface area contributed by atoms with E-state index in [1.54, 1.807) is 24.3 Å². The number of carbonyl (C=O) groups is 2. The molecule has 3 N–H and O–H groups in total. The van der Waals surface area contributed by atoms with Crippen molar-refractivity contribution in [3.05, 3.63) is 89.2 Å². The number of hydrogen-bond acceptors (Lipinski definition) is 3. The number of amides is 2. The van der Waals surface area contributed by atoms with Gasteiger partial charge in [-0.25, -0.2) is 9.18 Å². The summed E-state index contributed by atoms with van der Waals surface area (Å²) < 4.78 is 19.7. The summed E-state index contributed by atoms with van der Waals surface area (Å²) in [7, 11) is 1.52. The van der Waals surface area contributed by atoms with Gasteiger partial charge in [0.2, 0.25) is 0 Å². The Balaban J connectivity index is 1.90. The highest BCUT2D eigenvalue weighted by Gasteiger charge is 2.20. The van der Waals surface area contributed by atoms with Crippen molar-refractivity contribution in [2.45, 2.75) is 32.4 Å². The van der Waals surface area contributed by atoms with Gasteiger partial charge in [-0.2, -0.15) is 0 Å². The number of ether oxygens (including phenoxy) is 1. The first-order valence-electron chi connectivity index (χ1n) is 10.7. The number of aliphatic carboxylic acids is 1. The fraction of sp³-hybridized carbons (Fsp3) is 0.231. The lowest BCUT2D eigenvalue weighted by Crippen LogP contribution is -2.37. The molecule has 0 spiro atoms. The van der Waals surface area contributed by atoms with Gasteiger partial charge in [-0.3, -0.25) is 4.79 Å². The van der Waals surface area contributed by atoms with Crippen LogP contribution in [0.5, 0.6) is 5.75 Å². The Labute approximate surface area is 192 Å². The van der Waals surface area contributed by atoms with Gasteiger partial charge in [0.1, 0.15) is 11.6 Å². The van der Waals surface area contributed by atoms with E-state index in [0.717, 1.165) is 5.56 Å². The SMILES string of the molecule is CCC(NC(=O)NCc1ccccc1)c1cc(F)ccc1-c1cc(CC(=O)O)ccc1OC. The maximum atomic E-state index is 14.3. The molecule has 0 radical (unpaired) electrons. The summed E-state index contributed by atoms with van der Waals surface area (Å²) in [5.41, 5.74) is 3.44. The highest BCUT2D eigenvalue weighted by molar-refractivity contribution is 5.79. The smallest absolute Gasteiger partial charge is 0.315 e. The van der Waals surface area contributed by atoms with E-state index in [4.69, 9.17) is 9.84 Å². The third-order valence-corrected chi connectivity index (χ3v) is 5.31. The topological polar surface area (TPSA) is 87.7 Å². The minimum absolute atomic E-state index is 0.148. The van der Waals surface area contributed by atoms with Crippen molar-refractivity contribution in [1.29, 1.82) is 0 Å². The van der Waals surface area contributed by atoms with Crippen molar-refractivity contribution in [3.63, 3.8) is 0 Å². The molecular weight excluding hydrogens is 423 g/mol. The number of rotatable bonds is 9. The number of urea groups is 1. The van der Waals surface area contributed by atoms with Crippen molar-refractivity contribution in [1.82, 2.24) is 10.6 Å². The average Bonchev–Trinajstić information content (AvgIpc) is 2.81. The molecule has 2 amide bonds. The summed E-state index contributed by atoms with van der Waals surface area (Å²) in [4.78, 5) is 23.8. The number of carboxylic acids is 1. The van der Waals surface area contributed by atoms with Crippen molar-refractivity contribution in [3.8, 4) is 16.9 Å². The predicted molar refractivity (Wildman–Crippen MR) is 125 cm³/mol. The third-order valence-electron chi connectivity index (χ3n) is 5.31. The first-order valence-corrected chi connectivity index (χ1v) is 10.7. The second-order valence-electron chi connectivity index (χ2n) is 7.61. The van der Waals surface area contributed by atoms with Crippen LogP contribution in [-0.4, -0.2) is 24.2 Å². The van der Waals surface area contributed by atoms with Crippen LogP contribution in [0.1, 0.15) is 36.1 Å². The van der Waals surface area contributed by atoms with Crippen molar-refractivity contribution in [2.24, 2.45) is 0 Å². The zero-order valence-electron chi connectivity index (χ0n) is 18.6. The summed E-state index contributed by atoms with van der Waals surface area (Å²) in [5, 5.41) is 14.9. The van der Waals surface area contributed by atoms with E-state index in [0.29, 0.717) is 41.0 Å². The molecule has 0 aromatic heterocycles. The highest BCUT2D eigenvalue weighted by atomic mass is 19.1. The molecule has 0 bridgehead atoms. The molecule has 0 fully saturated rings. The van der Waals surface area contributed by atoms with E-state index in [2.05, 4.69) is 10.6 Å². The second kappa shape index (κ2) is 11.1. The fourth-order valence-corrected chi connectivity index (χ4v) is 3.70. The zero-order chi connectivity index (χ0) is 23.8. The first kappa shape index (κ1) is 23.8. The molecular formula is C26H27FN2O4. The number of carboxylic acid groups (broad SMARTS) is 1. The van der Waals surface area contributed by atoms with E-state index in [9.17, 15) is 14.0 Å². The molecule has 0 aliphatic rings. The maximum Gasteiger partial charge on any atom is 0.315 e. The van der Waals surface area contributed by atoms with Crippen LogP contribution in [-0.2, 0) is 17.8 Å². The van der Waals surface area contributed by atoms with Gasteiger partial charge in [0, 0.05) is 12.1 Å². The number of hydrogen-bond donors (Lipinski definition) is 3. The molecule has 172 valence electrons. The minimum atomic E-state index is -0.950. The molecule has 0 aliphatic heterocycles. The lowest BCUT2D eigenvalue weighted by molar-refractivity contribution is -0.136. The van der Waals surface area contributed by atoms with Crippen LogP contribution in [0.3, 0.4) is 0 Å². The molecule has 3 rings (SSSR count). The van der Waals surface area contributed by atoms with Crippen LogP contribution in [0.25, 0.3) is 11.1 Å². The zero-order valence-corrected chi connectivity index (χ0v) is 18.6. The van der Waals surface area contributed by atoms with E-state index in [1.165, 1.54) is 19.2 Å². The number of methoxy groups -OCH3 is 1. The Kier molecular flexibility index (Phi) is 8.02. The predicted octanol–water partition coefficient (Wildman–Crippen LogP) is 5.08. The van der Waals surface area contributed by atoms with Crippen LogP contribution in [0.2, 0.25) is 0 Å². The van der Waals surface area contributed by atoms with Gasteiger partial charge >= 0.3 is 12.0 Å².